The summed E-state index contributed by atoms with van der Waals surface area (Å²) in [5.41, 5.74) is 0.343. The van der Waals surface area contributed by atoms with E-state index in [2.05, 4.69) is 6.58 Å². The van der Waals surface area contributed by atoms with Crippen LogP contribution in [-0.2, 0) is 24.4 Å². The Bertz CT molecular complexity index is 484. The lowest BCUT2D eigenvalue weighted by Gasteiger charge is -2.41. The molecule has 0 fully saturated rings. The molecule has 0 spiro atoms. The van der Waals surface area contributed by atoms with Gasteiger partial charge in [0.15, 0.2) is 6.23 Å². The van der Waals surface area contributed by atoms with Gasteiger partial charge < -0.3 is 9.47 Å². The van der Waals surface area contributed by atoms with Crippen LogP contribution in [0.2, 0.25) is 0 Å². The summed E-state index contributed by atoms with van der Waals surface area (Å²) in [4.78, 5) is 11.3. The molecule has 7 nitrogen and oxygen atoms in total. The molecule has 8 heteroatoms. The van der Waals surface area contributed by atoms with Crippen LogP contribution < -0.4 is 0 Å². The minimum Gasteiger partial charge on any atom is -0.460 e. The first-order valence-electron chi connectivity index (χ1n) is 7.83. The molecule has 0 bridgehead atoms. The van der Waals surface area contributed by atoms with E-state index in [1.165, 1.54) is 0 Å². The van der Waals surface area contributed by atoms with Crippen LogP contribution >= 0.6 is 0 Å². The van der Waals surface area contributed by atoms with Gasteiger partial charge in [0.05, 0.1) is 32.0 Å². The van der Waals surface area contributed by atoms with Gasteiger partial charge in [-0.15, -0.1) is 0 Å². The molecule has 23 heavy (non-hydrogen) atoms. The van der Waals surface area contributed by atoms with E-state index in [9.17, 15) is 13.2 Å². The molecular weight excluding hydrogens is 322 g/mol. The first kappa shape index (κ1) is 22.0. The normalized spacial score (nSPS) is 13.6. The Hall–Kier alpha value is -0.960. The number of hydrogen-bond acceptors (Lipinski definition) is 5. The molecule has 0 rings (SSSR count). The van der Waals surface area contributed by atoms with Crippen molar-refractivity contribution >= 4 is 16.1 Å². The molecule has 0 amide bonds. The predicted octanol–water partition coefficient (Wildman–Crippen LogP) is 1.60. The summed E-state index contributed by atoms with van der Waals surface area (Å²) in [6.45, 7) is 13.6. The largest absolute Gasteiger partial charge is 0.460 e. The molecule has 0 heterocycles. The Morgan fingerprint density at radius 3 is 2.26 bits per heavy atom. The van der Waals surface area contributed by atoms with Crippen LogP contribution in [0.5, 0.6) is 0 Å². The fourth-order valence-electron chi connectivity index (χ4n) is 2.43. The maximum Gasteiger partial charge on any atom is 0.333 e. The SMILES string of the molecule is C=C(C)C(=O)OCCOC(C)[N+](CC)(CC)CCCS(=O)(=O)O. The van der Waals surface area contributed by atoms with Crippen molar-refractivity contribution in [2.75, 3.05) is 38.6 Å². The van der Waals surface area contributed by atoms with Gasteiger partial charge in [0.2, 0.25) is 0 Å². The van der Waals surface area contributed by atoms with Crippen LogP contribution in [0, 0.1) is 0 Å². The highest BCUT2D eigenvalue weighted by atomic mass is 32.2. The molecule has 0 saturated carbocycles. The summed E-state index contributed by atoms with van der Waals surface area (Å²) in [6.07, 6.45) is 0.189. The summed E-state index contributed by atoms with van der Waals surface area (Å²) in [7, 11) is -3.94. The van der Waals surface area contributed by atoms with Crippen LogP contribution in [0.15, 0.2) is 12.2 Å². The van der Waals surface area contributed by atoms with Crippen molar-refractivity contribution in [1.29, 1.82) is 0 Å². The van der Waals surface area contributed by atoms with Gasteiger partial charge in [-0.1, -0.05) is 6.58 Å². The zero-order valence-corrected chi connectivity index (χ0v) is 15.4. The molecule has 0 saturated heterocycles. The first-order chi connectivity index (χ1) is 10.6. The molecule has 0 aliphatic carbocycles. The first-order valence-corrected chi connectivity index (χ1v) is 9.44. The highest BCUT2D eigenvalue weighted by Crippen LogP contribution is 2.16. The number of carbonyl (C=O) groups is 1. The Labute approximate surface area is 139 Å². The van der Waals surface area contributed by atoms with Crippen molar-refractivity contribution in [2.24, 2.45) is 0 Å². The Morgan fingerprint density at radius 2 is 1.83 bits per heavy atom. The van der Waals surface area contributed by atoms with Crippen molar-refractivity contribution in [2.45, 2.75) is 40.3 Å². The number of nitrogens with zero attached hydrogens (tertiary/aromatic N) is 1. The minimum atomic E-state index is -3.94. The number of quaternary nitrogens is 1. The summed E-state index contributed by atoms with van der Waals surface area (Å²) in [5, 5.41) is 0. The predicted molar refractivity (Wildman–Crippen MR) is 88.4 cm³/mol. The molecule has 1 atom stereocenters. The molecule has 1 N–H and O–H groups in total. The zero-order valence-electron chi connectivity index (χ0n) is 14.6. The number of ether oxygens (including phenoxy) is 2. The van der Waals surface area contributed by atoms with Gasteiger partial charge in [-0.3, -0.25) is 9.04 Å². The second kappa shape index (κ2) is 10.0. The van der Waals surface area contributed by atoms with Crippen LogP contribution in [0.3, 0.4) is 0 Å². The highest BCUT2D eigenvalue weighted by Gasteiger charge is 2.31. The molecule has 1 unspecified atom stereocenters. The highest BCUT2D eigenvalue weighted by molar-refractivity contribution is 7.85. The third-order valence-corrected chi connectivity index (χ3v) is 4.87. The monoisotopic (exact) mass is 352 g/mol. The van der Waals surface area contributed by atoms with Crippen LogP contribution in [0.1, 0.15) is 34.1 Å². The van der Waals surface area contributed by atoms with E-state index >= 15 is 0 Å². The Kier molecular flexibility index (Phi) is 9.60. The van der Waals surface area contributed by atoms with Gasteiger partial charge in [-0.25, -0.2) is 4.79 Å². The van der Waals surface area contributed by atoms with E-state index in [1.54, 1.807) is 6.92 Å². The maximum atomic E-state index is 11.3. The van der Waals surface area contributed by atoms with Crippen LogP contribution in [0.25, 0.3) is 0 Å². The molecule has 0 radical (unpaired) electrons. The molecular formula is C15H30NO6S+. The average Bonchev–Trinajstić information content (AvgIpc) is 2.46. The summed E-state index contributed by atoms with van der Waals surface area (Å²) in [5.74, 6) is -0.697. The molecule has 0 aliphatic rings. The van der Waals surface area contributed by atoms with Gasteiger partial charge in [-0.2, -0.15) is 8.42 Å². The van der Waals surface area contributed by atoms with E-state index in [0.29, 0.717) is 23.0 Å². The summed E-state index contributed by atoms with van der Waals surface area (Å²) >= 11 is 0. The molecule has 0 aliphatic heterocycles. The fourth-order valence-corrected chi connectivity index (χ4v) is 2.93. The van der Waals surface area contributed by atoms with Crippen molar-refractivity contribution < 1.29 is 31.7 Å². The van der Waals surface area contributed by atoms with Gasteiger partial charge in [0, 0.05) is 18.9 Å². The van der Waals surface area contributed by atoms with E-state index in [-0.39, 0.29) is 25.2 Å². The topological polar surface area (TPSA) is 89.9 Å². The molecule has 0 aromatic carbocycles. The lowest BCUT2D eigenvalue weighted by atomic mass is 10.2. The van der Waals surface area contributed by atoms with Crippen molar-refractivity contribution in [1.82, 2.24) is 0 Å². The lowest BCUT2D eigenvalue weighted by molar-refractivity contribution is -0.967. The van der Waals surface area contributed by atoms with Crippen LogP contribution in [-0.4, -0.2) is 68.3 Å². The number of carbonyl (C=O) groups excluding carboxylic acids is 1. The minimum absolute atomic E-state index is 0.147. The van der Waals surface area contributed by atoms with Gasteiger partial charge in [0.1, 0.15) is 6.61 Å². The molecule has 0 aromatic heterocycles. The van der Waals surface area contributed by atoms with Gasteiger partial charge in [0.25, 0.3) is 10.1 Å². The van der Waals surface area contributed by atoms with E-state index < -0.39 is 16.1 Å². The van der Waals surface area contributed by atoms with E-state index in [4.69, 9.17) is 14.0 Å². The third kappa shape index (κ3) is 8.45. The molecule has 0 aromatic rings. The van der Waals surface area contributed by atoms with E-state index in [0.717, 1.165) is 13.1 Å². The zero-order chi connectivity index (χ0) is 18.1. The van der Waals surface area contributed by atoms with Crippen molar-refractivity contribution in [3.63, 3.8) is 0 Å². The lowest BCUT2D eigenvalue weighted by Crippen LogP contribution is -2.56. The van der Waals surface area contributed by atoms with E-state index in [1.807, 2.05) is 20.8 Å². The quantitative estimate of drug-likeness (QED) is 0.143. The fraction of sp³-hybridized carbons (Fsp3) is 0.800. The summed E-state index contributed by atoms with van der Waals surface area (Å²) < 4.78 is 41.9. The van der Waals surface area contributed by atoms with Gasteiger partial charge in [-0.05, 0) is 20.8 Å². The average molecular weight is 352 g/mol. The summed E-state index contributed by atoms with van der Waals surface area (Å²) in [6, 6.07) is 0. The maximum absolute atomic E-state index is 11.3. The second-order valence-corrected chi connectivity index (χ2v) is 7.17. The Morgan fingerprint density at radius 1 is 1.26 bits per heavy atom. The number of hydrogen-bond donors (Lipinski definition) is 1. The smallest absolute Gasteiger partial charge is 0.333 e. The number of rotatable bonds is 12. The Balaban J connectivity index is 4.45. The van der Waals surface area contributed by atoms with Crippen molar-refractivity contribution in [3.8, 4) is 0 Å². The second-order valence-electron chi connectivity index (χ2n) is 5.60. The molecule has 136 valence electrons. The standard InChI is InChI=1S/C15H29NO6S/c1-6-16(7-2,9-8-12-23(18,19)20)14(5)21-10-11-22-15(17)13(3)4/h14H,3,6-12H2,1-2,4-5H3/p+1. The van der Waals surface area contributed by atoms with Gasteiger partial charge >= 0.3 is 5.97 Å². The third-order valence-electron chi connectivity index (χ3n) is 4.06. The number of esters is 1. The van der Waals surface area contributed by atoms with Crippen LogP contribution in [0.4, 0.5) is 0 Å². The van der Waals surface area contributed by atoms with Crippen molar-refractivity contribution in [3.05, 3.63) is 12.2 Å².